The molecule has 20 heavy (non-hydrogen) atoms. The molecule has 0 aliphatic rings. The third kappa shape index (κ3) is 3.36. The van der Waals surface area contributed by atoms with Gasteiger partial charge in [0.2, 0.25) is 5.89 Å². The largest absolute Gasteiger partial charge is 0.483 e. The van der Waals surface area contributed by atoms with Crippen LogP contribution in [0.25, 0.3) is 0 Å². The van der Waals surface area contributed by atoms with Gasteiger partial charge in [-0.2, -0.15) is 0 Å². The van der Waals surface area contributed by atoms with E-state index in [1.54, 1.807) is 18.2 Å². The number of aryl methyl sites for hydroxylation is 1. The number of benzene rings is 1. The molecule has 0 fully saturated rings. The molecule has 2 aromatic rings. The number of halogens is 1. The number of hydrogen-bond donors (Lipinski definition) is 0. The maximum atomic E-state index is 11.4. The van der Waals surface area contributed by atoms with Gasteiger partial charge in [-0.3, -0.25) is 0 Å². The van der Waals surface area contributed by atoms with Crippen LogP contribution in [0.15, 0.2) is 27.1 Å². The Labute approximate surface area is 124 Å². The number of carbonyl (C=O) groups is 1. The molecule has 7 heteroatoms. The van der Waals surface area contributed by atoms with Crippen molar-refractivity contribution in [3.8, 4) is 5.75 Å². The molecule has 2 rings (SSSR count). The summed E-state index contributed by atoms with van der Waals surface area (Å²) in [7, 11) is 1.33. The maximum absolute atomic E-state index is 11.4. The van der Waals surface area contributed by atoms with Gasteiger partial charge in [-0.25, -0.2) is 4.79 Å². The van der Waals surface area contributed by atoms with E-state index in [-0.39, 0.29) is 6.61 Å². The van der Waals surface area contributed by atoms with Crippen molar-refractivity contribution in [3.05, 3.63) is 40.0 Å². The van der Waals surface area contributed by atoms with Crippen LogP contribution in [0.5, 0.6) is 5.75 Å². The molecule has 1 heterocycles. The van der Waals surface area contributed by atoms with Gasteiger partial charge in [-0.15, -0.1) is 10.2 Å². The van der Waals surface area contributed by atoms with Crippen molar-refractivity contribution in [2.24, 2.45) is 0 Å². The normalized spacial score (nSPS) is 10.3. The zero-order valence-electron chi connectivity index (χ0n) is 11.1. The number of nitrogens with zero attached hydrogens (tertiary/aromatic N) is 2. The molecule has 0 radical (unpaired) electrons. The fraction of sp³-hybridized carbons (Fsp3) is 0.308. The van der Waals surface area contributed by atoms with Crippen LogP contribution in [-0.4, -0.2) is 23.3 Å². The fourth-order valence-electron chi connectivity index (χ4n) is 1.49. The minimum atomic E-state index is -0.401. The second kappa shape index (κ2) is 6.51. The molecule has 0 spiro atoms. The number of aromatic nitrogens is 2. The lowest BCUT2D eigenvalue weighted by atomic mass is 10.2. The highest BCUT2D eigenvalue weighted by Crippen LogP contribution is 2.27. The Bertz CT molecular complexity index is 612. The SMILES string of the molecule is CCc1nnc(COc2ccc(C(=O)OC)cc2Br)o1. The Morgan fingerprint density at radius 2 is 2.10 bits per heavy atom. The predicted molar refractivity (Wildman–Crippen MR) is 73.5 cm³/mol. The van der Waals surface area contributed by atoms with E-state index in [0.29, 0.717) is 34.0 Å². The van der Waals surface area contributed by atoms with Crippen molar-refractivity contribution in [1.29, 1.82) is 0 Å². The monoisotopic (exact) mass is 340 g/mol. The van der Waals surface area contributed by atoms with Crippen LogP contribution in [0.1, 0.15) is 29.1 Å². The molecule has 1 aromatic carbocycles. The third-order valence-corrected chi connectivity index (χ3v) is 3.13. The minimum Gasteiger partial charge on any atom is -0.483 e. The quantitative estimate of drug-likeness (QED) is 0.779. The van der Waals surface area contributed by atoms with E-state index >= 15 is 0 Å². The molecule has 0 amide bonds. The van der Waals surface area contributed by atoms with E-state index in [1.165, 1.54) is 7.11 Å². The highest BCUT2D eigenvalue weighted by molar-refractivity contribution is 9.10. The summed E-state index contributed by atoms with van der Waals surface area (Å²) < 4.78 is 16.2. The van der Waals surface area contributed by atoms with Gasteiger partial charge in [-0.05, 0) is 34.1 Å². The molecule has 1 aromatic heterocycles. The van der Waals surface area contributed by atoms with Crippen LogP contribution >= 0.6 is 15.9 Å². The molecule has 6 nitrogen and oxygen atoms in total. The highest BCUT2D eigenvalue weighted by Gasteiger charge is 2.11. The van der Waals surface area contributed by atoms with Gasteiger partial charge in [0.1, 0.15) is 5.75 Å². The summed E-state index contributed by atoms with van der Waals surface area (Å²) in [6, 6.07) is 4.93. The molecule has 0 saturated carbocycles. The molecular weight excluding hydrogens is 328 g/mol. The first-order valence-corrected chi connectivity index (χ1v) is 6.75. The lowest BCUT2D eigenvalue weighted by molar-refractivity contribution is 0.0600. The van der Waals surface area contributed by atoms with E-state index < -0.39 is 5.97 Å². The lowest BCUT2D eigenvalue weighted by Crippen LogP contribution is -2.02. The Hall–Kier alpha value is -1.89. The number of rotatable bonds is 5. The van der Waals surface area contributed by atoms with Gasteiger partial charge in [0, 0.05) is 6.42 Å². The van der Waals surface area contributed by atoms with E-state index in [4.69, 9.17) is 9.15 Å². The summed E-state index contributed by atoms with van der Waals surface area (Å²) in [5.74, 6) is 1.16. The fourth-order valence-corrected chi connectivity index (χ4v) is 1.99. The molecular formula is C13H13BrN2O4. The number of esters is 1. The van der Waals surface area contributed by atoms with Gasteiger partial charge in [0.05, 0.1) is 17.1 Å². The average molecular weight is 341 g/mol. The molecule has 0 aliphatic carbocycles. The molecule has 0 aliphatic heterocycles. The van der Waals surface area contributed by atoms with E-state index in [9.17, 15) is 4.79 Å². The zero-order valence-corrected chi connectivity index (χ0v) is 12.6. The summed E-state index contributed by atoms with van der Waals surface area (Å²) in [6.45, 7) is 2.10. The molecule has 0 saturated heterocycles. The Morgan fingerprint density at radius 1 is 1.35 bits per heavy atom. The zero-order chi connectivity index (χ0) is 14.5. The van der Waals surface area contributed by atoms with Gasteiger partial charge in [0.15, 0.2) is 6.61 Å². The third-order valence-electron chi connectivity index (χ3n) is 2.52. The Morgan fingerprint density at radius 3 is 2.70 bits per heavy atom. The summed E-state index contributed by atoms with van der Waals surface area (Å²) in [5, 5.41) is 7.71. The Balaban J connectivity index is 2.04. The second-order valence-corrected chi connectivity index (χ2v) is 4.72. The molecule has 0 N–H and O–H groups in total. The number of carbonyl (C=O) groups excluding carboxylic acids is 1. The van der Waals surface area contributed by atoms with Crippen molar-refractivity contribution in [2.45, 2.75) is 20.0 Å². The lowest BCUT2D eigenvalue weighted by Gasteiger charge is -2.07. The van der Waals surface area contributed by atoms with Gasteiger partial charge >= 0.3 is 5.97 Å². The van der Waals surface area contributed by atoms with Crippen LogP contribution in [0.3, 0.4) is 0 Å². The van der Waals surface area contributed by atoms with Gasteiger partial charge < -0.3 is 13.9 Å². The van der Waals surface area contributed by atoms with Crippen molar-refractivity contribution in [1.82, 2.24) is 10.2 Å². The molecule has 0 unspecified atom stereocenters. The van der Waals surface area contributed by atoms with Crippen LogP contribution in [0.2, 0.25) is 0 Å². The maximum Gasteiger partial charge on any atom is 0.337 e. The summed E-state index contributed by atoms with van der Waals surface area (Å²) >= 11 is 3.34. The minimum absolute atomic E-state index is 0.170. The van der Waals surface area contributed by atoms with Crippen LogP contribution in [-0.2, 0) is 17.8 Å². The first kappa shape index (κ1) is 14.5. The van der Waals surface area contributed by atoms with Gasteiger partial charge in [-0.1, -0.05) is 6.92 Å². The molecule has 0 atom stereocenters. The molecule has 106 valence electrons. The summed E-state index contributed by atoms with van der Waals surface area (Å²) in [5.41, 5.74) is 0.442. The van der Waals surface area contributed by atoms with E-state index in [0.717, 1.165) is 0 Å². The molecule has 0 bridgehead atoms. The van der Waals surface area contributed by atoms with Crippen molar-refractivity contribution >= 4 is 21.9 Å². The highest BCUT2D eigenvalue weighted by atomic mass is 79.9. The van der Waals surface area contributed by atoms with Crippen molar-refractivity contribution < 1.29 is 18.7 Å². The van der Waals surface area contributed by atoms with Crippen molar-refractivity contribution in [2.75, 3.05) is 7.11 Å². The summed E-state index contributed by atoms with van der Waals surface area (Å²) in [6.07, 6.45) is 0.685. The van der Waals surface area contributed by atoms with E-state index in [2.05, 4.69) is 30.9 Å². The summed E-state index contributed by atoms with van der Waals surface area (Å²) in [4.78, 5) is 11.4. The number of methoxy groups -OCH3 is 1. The van der Waals surface area contributed by atoms with Crippen LogP contribution < -0.4 is 4.74 Å². The van der Waals surface area contributed by atoms with Crippen molar-refractivity contribution in [3.63, 3.8) is 0 Å². The smallest absolute Gasteiger partial charge is 0.337 e. The van der Waals surface area contributed by atoms with Crippen LogP contribution in [0, 0.1) is 0 Å². The predicted octanol–water partition coefficient (Wildman–Crippen LogP) is 2.76. The second-order valence-electron chi connectivity index (χ2n) is 3.87. The van der Waals surface area contributed by atoms with Gasteiger partial charge in [0.25, 0.3) is 5.89 Å². The average Bonchev–Trinajstić information content (AvgIpc) is 2.93. The van der Waals surface area contributed by atoms with Crippen LogP contribution in [0.4, 0.5) is 0 Å². The van der Waals surface area contributed by atoms with E-state index in [1.807, 2.05) is 6.92 Å². The first-order chi connectivity index (χ1) is 9.63. The number of hydrogen-bond acceptors (Lipinski definition) is 6. The Kier molecular flexibility index (Phi) is 4.73. The topological polar surface area (TPSA) is 74.5 Å². The first-order valence-electron chi connectivity index (χ1n) is 5.96. The number of ether oxygens (including phenoxy) is 2. The standard InChI is InChI=1S/C13H13BrN2O4/c1-3-11-15-16-12(20-11)7-19-10-5-4-8(6-9(10)14)13(17)18-2/h4-6H,3,7H2,1-2H3.